The van der Waals surface area contributed by atoms with Gasteiger partial charge in [0.1, 0.15) is 0 Å². The highest BCUT2D eigenvalue weighted by Gasteiger charge is 2.21. The van der Waals surface area contributed by atoms with Crippen LogP contribution in [0, 0.1) is 0 Å². The maximum Gasteiger partial charge on any atom is 0.254 e. The third-order valence-electron chi connectivity index (χ3n) is 2.99. The first-order chi connectivity index (χ1) is 8.88. The summed E-state index contributed by atoms with van der Waals surface area (Å²) in [6, 6.07) is 13.5. The third-order valence-corrected chi connectivity index (χ3v) is 2.99. The maximum absolute atomic E-state index is 12.5. The number of likely N-dealkylation sites (N-methyl/N-ethyl adjacent to an activating group) is 1. The molecule has 0 aliphatic carbocycles. The molecule has 1 N–H and O–H groups in total. The smallest absolute Gasteiger partial charge is 0.254 e. The van der Waals surface area contributed by atoms with Crippen molar-refractivity contribution in [1.82, 2.24) is 4.90 Å². The molecule has 2 aromatic rings. The Kier molecular flexibility index (Phi) is 3.58. The molecule has 0 heterocycles. The first-order valence-electron chi connectivity index (χ1n) is 6.34. The van der Waals surface area contributed by atoms with Crippen molar-refractivity contribution < 1.29 is 9.90 Å². The van der Waals surface area contributed by atoms with Crippen molar-refractivity contribution in [3.63, 3.8) is 0 Å². The molecule has 2 rings (SSSR count). The SMILES string of the molecule is CN(CC(C)(C)O)C(=O)c1cccc2ccccc12. The van der Waals surface area contributed by atoms with E-state index in [2.05, 4.69) is 0 Å². The van der Waals surface area contributed by atoms with Crippen LogP contribution in [0.25, 0.3) is 10.8 Å². The monoisotopic (exact) mass is 257 g/mol. The highest BCUT2D eigenvalue weighted by Crippen LogP contribution is 2.20. The first kappa shape index (κ1) is 13.6. The van der Waals surface area contributed by atoms with Gasteiger partial charge in [0.05, 0.1) is 5.60 Å². The number of benzene rings is 2. The molecule has 0 radical (unpaired) electrons. The molecule has 3 heteroatoms. The first-order valence-corrected chi connectivity index (χ1v) is 6.34. The topological polar surface area (TPSA) is 40.5 Å². The number of aliphatic hydroxyl groups is 1. The normalized spacial score (nSPS) is 11.6. The Morgan fingerprint density at radius 1 is 1.16 bits per heavy atom. The van der Waals surface area contributed by atoms with Crippen LogP contribution in [0.5, 0.6) is 0 Å². The molecule has 0 bridgehead atoms. The molecule has 0 aliphatic rings. The number of hydrogen-bond donors (Lipinski definition) is 1. The van der Waals surface area contributed by atoms with Gasteiger partial charge in [0.25, 0.3) is 5.91 Å². The Labute approximate surface area is 113 Å². The fourth-order valence-corrected chi connectivity index (χ4v) is 2.27. The molecule has 0 saturated heterocycles. The molecule has 3 nitrogen and oxygen atoms in total. The van der Waals surface area contributed by atoms with Crippen LogP contribution in [0.4, 0.5) is 0 Å². The molecule has 0 aromatic heterocycles. The van der Waals surface area contributed by atoms with Crippen LogP contribution >= 0.6 is 0 Å². The largest absolute Gasteiger partial charge is 0.389 e. The molecule has 100 valence electrons. The Morgan fingerprint density at radius 2 is 1.79 bits per heavy atom. The van der Waals surface area contributed by atoms with E-state index in [0.29, 0.717) is 12.1 Å². The molecule has 0 atom stereocenters. The number of fused-ring (bicyclic) bond motifs is 1. The predicted octanol–water partition coefficient (Wildman–Crippen LogP) is 2.68. The minimum atomic E-state index is -0.894. The third kappa shape index (κ3) is 3.12. The van der Waals surface area contributed by atoms with Crippen molar-refractivity contribution in [1.29, 1.82) is 0 Å². The zero-order chi connectivity index (χ0) is 14.0. The second-order valence-corrected chi connectivity index (χ2v) is 5.50. The quantitative estimate of drug-likeness (QED) is 0.918. The highest BCUT2D eigenvalue weighted by molar-refractivity contribution is 6.06. The molecule has 0 unspecified atom stereocenters. The lowest BCUT2D eigenvalue weighted by Gasteiger charge is -2.26. The van der Waals surface area contributed by atoms with E-state index in [9.17, 15) is 9.90 Å². The lowest BCUT2D eigenvalue weighted by molar-refractivity contribution is 0.0369. The second-order valence-electron chi connectivity index (χ2n) is 5.50. The van der Waals surface area contributed by atoms with E-state index in [-0.39, 0.29) is 5.91 Å². The van der Waals surface area contributed by atoms with E-state index in [1.54, 1.807) is 25.8 Å². The van der Waals surface area contributed by atoms with Crippen LogP contribution in [0.15, 0.2) is 42.5 Å². The van der Waals surface area contributed by atoms with Gasteiger partial charge < -0.3 is 10.0 Å². The van der Waals surface area contributed by atoms with Gasteiger partial charge in [-0.2, -0.15) is 0 Å². The summed E-state index contributed by atoms with van der Waals surface area (Å²) in [5.41, 5.74) is -0.223. The lowest BCUT2D eigenvalue weighted by Crippen LogP contribution is -2.39. The van der Waals surface area contributed by atoms with Crippen LogP contribution in [0.3, 0.4) is 0 Å². The van der Waals surface area contributed by atoms with Crippen molar-refractivity contribution >= 4 is 16.7 Å². The number of nitrogens with zero attached hydrogens (tertiary/aromatic N) is 1. The number of rotatable bonds is 3. The Bertz CT molecular complexity index is 594. The van der Waals surface area contributed by atoms with E-state index in [1.807, 2.05) is 42.5 Å². The minimum absolute atomic E-state index is 0.0704. The van der Waals surface area contributed by atoms with E-state index < -0.39 is 5.60 Å². The summed E-state index contributed by atoms with van der Waals surface area (Å²) >= 11 is 0. The molecule has 2 aromatic carbocycles. The van der Waals surface area contributed by atoms with Crippen molar-refractivity contribution in [3.05, 3.63) is 48.0 Å². The zero-order valence-electron chi connectivity index (χ0n) is 11.6. The number of amides is 1. The van der Waals surface area contributed by atoms with Gasteiger partial charge in [-0.15, -0.1) is 0 Å². The van der Waals surface area contributed by atoms with Crippen LogP contribution < -0.4 is 0 Å². The highest BCUT2D eigenvalue weighted by atomic mass is 16.3. The van der Waals surface area contributed by atoms with Gasteiger partial charge in [0.15, 0.2) is 0 Å². The summed E-state index contributed by atoms with van der Waals surface area (Å²) in [6.07, 6.45) is 0. The van der Waals surface area contributed by atoms with Crippen LogP contribution in [0.1, 0.15) is 24.2 Å². The van der Waals surface area contributed by atoms with Gasteiger partial charge in [-0.1, -0.05) is 36.4 Å². The Morgan fingerprint density at radius 3 is 2.47 bits per heavy atom. The summed E-state index contributed by atoms with van der Waals surface area (Å²) in [5.74, 6) is -0.0704. The number of carbonyl (C=O) groups excluding carboxylic acids is 1. The van der Waals surface area contributed by atoms with E-state index in [0.717, 1.165) is 10.8 Å². The van der Waals surface area contributed by atoms with E-state index >= 15 is 0 Å². The molecular weight excluding hydrogens is 238 g/mol. The van der Waals surface area contributed by atoms with E-state index in [4.69, 9.17) is 0 Å². The number of hydrogen-bond acceptors (Lipinski definition) is 2. The fourth-order valence-electron chi connectivity index (χ4n) is 2.27. The van der Waals surface area contributed by atoms with Crippen LogP contribution in [-0.4, -0.2) is 35.1 Å². The predicted molar refractivity (Wildman–Crippen MR) is 77.2 cm³/mol. The van der Waals surface area contributed by atoms with Gasteiger partial charge in [-0.25, -0.2) is 0 Å². The maximum atomic E-state index is 12.5. The zero-order valence-corrected chi connectivity index (χ0v) is 11.6. The lowest BCUT2D eigenvalue weighted by atomic mass is 10.0. The average Bonchev–Trinajstić information content (AvgIpc) is 2.35. The van der Waals surface area contributed by atoms with Crippen molar-refractivity contribution in [2.75, 3.05) is 13.6 Å². The van der Waals surface area contributed by atoms with Gasteiger partial charge in [0, 0.05) is 19.2 Å². The molecule has 19 heavy (non-hydrogen) atoms. The summed E-state index contributed by atoms with van der Waals surface area (Å²) in [6.45, 7) is 3.69. The second kappa shape index (κ2) is 5.02. The number of carbonyl (C=O) groups is 1. The Hall–Kier alpha value is -1.87. The van der Waals surface area contributed by atoms with Crippen molar-refractivity contribution in [2.45, 2.75) is 19.4 Å². The summed E-state index contributed by atoms with van der Waals surface area (Å²) in [7, 11) is 1.71. The van der Waals surface area contributed by atoms with E-state index in [1.165, 1.54) is 0 Å². The van der Waals surface area contributed by atoms with Crippen LogP contribution in [-0.2, 0) is 0 Å². The summed E-state index contributed by atoms with van der Waals surface area (Å²) in [5, 5.41) is 11.8. The molecule has 1 amide bonds. The molecule has 0 saturated carbocycles. The molecule has 0 fully saturated rings. The van der Waals surface area contributed by atoms with Crippen LogP contribution in [0.2, 0.25) is 0 Å². The van der Waals surface area contributed by atoms with Gasteiger partial charge in [0.2, 0.25) is 0 Å². The van der Waals surface area contributed by atoms with Gasteiger partial charge in [-0.3, -0.25) is 4.79 Å². The van der Waals surface area contributed by atoms with Gasteiger partial charge in [-0.05, 0) is 30.7 Å². The summed E-state index contributed by atoms with van der Waals surface area (Å²) in [4.78, 5) is 14.0. The van der Waals surface area contributed by atoms with Gasteiger partial charge >= 0.3 is 0 Å². The van der Waals surface area contributed by atoms with Crippen molar-refractivity contribution in [3.8, 4) is 0 Å². The summed E-state index contributed by atoms with van der Waals surface area (Å²) < 4.78 is 0. The minimum Gasteiger partial charge on any atom is -0.389 e. The van der Waals surface area contributed by atoms with Crippen molar-refractivity contribution in [2.24, 2.45) is 0 Å². The molecule has 0 aliphatic heterocycles. The fraction of sp³-hybridized carbons (Fsp3) is 0.312. The standard InChI is InChI=1S/C16H19NO2/c1-16(2,19)11-17(3)15(18)14-10-6-8-12-7-4-5-9-13(12)14/h4-10,19H,11H2,1-3H3. The Balaban J connectivity index is 2.36. The molecular formula is C16H19NO2. The average molecular weight is 257 g/mol. The molecule has 0 spiro atoms.